The quantitative estimate of drug-likeness (QED) is 0.751. The molecule has 5 nitrogen and oxygen atoms in total. The van der Waals surface area contributed by atoms with E-state index in [2.05, 4.69) is 27.2 Å². The van der Waals surface area contributed by atoms with Crippen LogP contribution in [-0.4, -0.2) is 29.0 Å². The molecule has 23 heavy (non-hydrogen) atoms. The zero-order valence-corrected chi connectivity index (χ0v) is 13.9. The summed E-state index contributed by atoms with van der Waals surface area (Å²) in [5, 5.41) is 7.05. The number of hydrogen-bond donors (Lipinski definition) is 2. The summed E-state index contributed by atoms with van der Waals surface area (Å²) in [6.07, 6.45) is 3.66. The van der Waals surface area contributed by atoms with Gasteiger partial charge in [0.1, 0.15) is 17.8 Å². The highest BCUT2D eigenvalue weighted by molar-refractivity contribution is 6.35. The molecular formula is C16H16Cl2N4O. The average molecular weight is 351 g/mol. The maximum Gasteiger partial charge on any atom is 0.270 e. The van der Waals surface area contributed by atoms with Crippen LogP contribution >= 0.6 is 23.2 Å². The minimum atomic E-state index is -0.268. The molecule has 2 rings (SSSR count). The van der Waals surface area contributed by atoms with Crippen LogP contribution in [0.2, 0.25) is 10.0 Å². The number of amides is 1. The summed E-state index contributed by atoms with van der Waals surface area (Å²) in [6, 6.07) is 7.00. The molecule has 120 valence electrons. The topological polar surface area (TPSA) is 66.9 Å². The number of carbonyl (C=O) groups excluding carboxylic acids is 1. The largest absolute Gasteiger partial charge is 0.370 e. The van der Waals surface area contributed by atoms with Gasteiger partial charge < -0.3 is 10.6 Å². The Morgan fingerprint density at radius 1 is 1.26 bits per heavy atom. The Morgan fingerprint density at radius 2 is 2.09 bits per heavy atom. The van der Waals surface area contributed by atoms with Crippen molar-refractivity contribution >= 4 is 34.9 Å². The molecule has 0 spiro atoms. The first-order valence-corrected chi connectivity index (χ1v) is 7.74. The van der Waals surface area contributed by atoms with Gasteiger partial charge in [-0.3, -0.25) is 4.79 Å². The fraction of sp³-hybridized carbons (Fsp3) is 0.188. The summed E-state index contributed by atoms with van der Waals surface area (Å²) in [5.74, 6) is 0.310. The Labute approximate surface area is 144 Å². The first kappa shape index (κ1) is 17.2. The van der Waals surface area contributed by atoms with E-state index in [1.54, 1.807) is 24.3 Å². The molecule has 1 amide bonds. The molecule has 2 N–H and O–H groups in total. The van der Waals surface area contributed by atoms with E-state index in [1.165, 1.54) is 6.33 Å². The highest BCUT2D eigenvalue weighted by atomic mass is 35.5. The van der Waals surface area contributed by atoms with E-state index < -0.39 is 0 Å². The van der Waals surface area contributed by atoms with Gasteiger partial charge in [-0.15, -0.1) is 6.58 Å². The molecule has 0 aliphatic carbocycles. The van der Waals surface area contributed by atoms with E-state index >= 15 is 0 Å². The van der Waals surface area contributed by atoms with Gasteiger partial charge in [0.2, 0.25) is 0 Å². The Balaban J connectivity index is 1.93. The molecular weight excluding hydrogens is 335 g/mol. The Hall–Kier alpha value is -2.11. The van der Waals surface area contributed by atoms with Crippen molar-refractivity contribution in [1.82, 2.24) is 15.3 Å². The number of halogens is 2. The molecule has 0 unspecified atom stereocenters. The second-order valence-corrected chi connectivity index (χ2v) is 5.54. The SMILES string of the molecule is C=CCNC(=O)c1cc(NCCc2ccc(Cl)cc2Cl)ncn1. The summed E-state index contributed by atoms with van der Waals surface area (Å²) in [7, 11) is 0. The van der Waals surface area contributed by atoms with Crippen LogP contribution in [0.15, 0.2) is 43.2 Å². The third-order valence-electron chi connectivity index (χ3n) is 3.02. The predicted octanol–water partition coefficient (Wildman–Crippen LogP) is 3.35. The van der Waals surface area contributed by atoms with Crippen molar-refractivity contribution in [2.75, 3.05) is 18.4 Å². The average Bonchev–Trinajstić information content (AvgIpc) is 2.55. The van der Waals surface area contributed by atoms with Gasteiger partial charge in [0.05, 0.1) is 0 Å². The van der Waals surface area contributed by atoms with Crippen LogP contribution in [-0.2, 0) is 6.42 Å². The van der Waals surface area contributed by atoms with Gasteiger partial charge in [-0.05, 0) is 24.1 Å². The second-order valence-electron chi connectivity index (χ2n) is 4.70. The van der Waals surface area contributed by atoms with Gasteiger partial charge in [0.15, 0.2) is 0 Å². The van der Waals surface area contributed by atoms with Crippen molar-refractivity contribution in [2.45, 2.75) is 6.42 Å². The lowest BCUT2D eigenvalue weighted by atomic mass is 10.1. The number of carbonyl (C=O) groups is 1. The van der Waals surface area contributed by atoms with Crippen molar-refractivity contribution in [1.29, 1.82) is 0 Å². The molecule has 0 bridgehead atoms. The molecule has 0 atom stereocenters. The lowest BCUT2D eigenvalue weighted by molar-refractivity contribution is 0.0953. The van der Waals surface area contributed by atoms with Gasteiger partial charge in [-0.1, -0.05) is 35.3 Å². The van der Waals surface area contributed by atoms with Crippen LogP contribution in [0.3, 0.4) is 0 Å². The first-order valence-electron chi connectivity index (χ1n) is 6.99. The molecule has 1 aromatic carbocycles. The summed E-state index contributed by atoms with van der Waals surface area (Å²) in [6.45, 7) is 4.55. The van der Waals surface area contributed by atoms with Gasteiger partial charge in [-0.2, -0.15) is 0 Å². The zero-order chi connectivity index (χ0) is 16.7. The highest BCUT2D eigenvalue weighted by Gasteiger charge is 2.07. The summed E-state index contributed by atoms with van der Waals surface area (Å²) in [4.78, 5) is 19.9. The molecule has 2 aromatic rings. The maximum atomic E-state index is 11.8. The molecule has 0 aliphatic rings. The number of hydrogen-bond acceptors (Lipinski definition) is 4. The van der Waals surface area contributed by atoms with Crippen molar-refractivity contribution in [3.05, 3.63) is 64.6 Å². The fourth-order valence-corrected chi connectivity index (χ4v) is 2.39. The number of nitrogens with zero attached hydrogens (tertiary/aromatic N) is 2. The molecule has 1 aromatic heterocycles. The number of benzene rings is 1. The van der Waals surface area contributed by atoms with Crippen LogP contribution in [0, 0.1) is 0 Å². The molecule has 0 radical (unpaired) electrons. The normalized spacial score (nSPS) is 10.2. The van der Waals surface area contributed by atoms with Crippen molar-refractivity contribution in [3.63, 3.8) is 0 Å². The highest BCUT2D eigenvalue weighted by Crippen LogP contribution is 2.21. The predicted molar refractivity (Wildman–Crippen MR) is 93.2 cm³/mol. The van der Waals surface area contributed by atoms with Gasteiger partial charge in [-0.25, -0.2) is 9.97 Å². The van der Waals surface area contributed by atoms with Crippen molar-refractivity contribution in [3.8, 4) is 0 Å². The number of anilines is 1. The van der Waals surface area contributed by atoms with E-state index in [1.807, 2.05) is 6.07 Å². The zero-order valence-electron chi connectivity index (χ0n) is 12.4. The third kappa shape index (κ3) is 5.23. The molecule has 0 fully saturated rings. The standard InChI is InChI=1S/C16H16Cl2N4O/c1-2-6-20-16(23)14-9-15(22-10-21-14)19-7-5-11-3-4-12(17)8-13(11)18/h2-4,8-10H,1,5-7H2,(H,20,23)(H,19,21,22). The molecule has 0 aliphatic heterocycles. The maximum absolute atomic E-state index is 11.8. The van der Waals surface area contributed by atoms with Gasteiger partial charge in [0.25, 0.3) is 5.91 Å². The van der Waals surface area contributed by atoms with Crippen LogP contribution in [0.5, 0.6) is 0 Å². The molecule has 1 heterocycles. The van der Waals surface area contributed by atoms with Crippen LogP contribution < -0.4 is 10.6 Å². The van der Waals surface area contributed by atoms with Crippen molar-refractivity contribution in [2.24, 2.45) is 0 Å². The summed E-state index contributed by atoms with van der Waals surface area (Å²) in [5.41, 5.74) is 1.29. The third-order valence-corrected chi connectivity index (χ3v) is 3.61. The van der Waals surface area contributed by atoms with Gasteiger partial charge in [0, 0.05) is 29.2 Å². The first-order chi connectivity index (χ1) is 11.1. The lowest BCUT2D eigenvalue weighted by Crippen LogP contribution is -2.24. The van der Waals surface area contributed by atoms with Crippen LogP contribution in [0.25, 0.3) is 0 Å². The van der Waals surface area contributed by atoms with Gasteiger partial charge >= 0.3 is 0 Å². The Kier molecular flexibility index (Phi) is 6.38. The van der Waals surface area contributed by atoms with E-state index in [-0.39, 0.29) is 5.91 Å². The van der Waals surface area contributed by atoms with Crippen molar-refractivity contribution < 1.29 is 4.79 Å². The fourth-order valence-electron chi connectivity index (χ4n) is 1.88. The van der Waals surface area contributed by atoms with Crippen LogP contribution in [0.1, 0.15) is 16.1 Å². The minimum absolute atomic E-state index is 0.268. The number of aromatic nitrogens is 2. The summed E-state index contributed by atoms with van der Waals surface area (Å²) < 4.78 is 0. The minimum Gasteiger partial charge on any atom is -0.370 e. The number of nitrogens with one attached hydrogen (secondary N) is 2. The van der Waals surface area contributed by atoms with Crippen LogP contribution in [0.4, 0.5) is 5.82 Å². The van der Waals surface area contributed by atoms with E-state index in [4.69, 9.17) is 23.2 Å². The monoisotopic (exact) mass is 350 g/mol. The molecule has 0 saturated heterocycles. The summed E-state index contributed by atoms with van der Waals surface area (Å²) >= 11 is 12.0. The van der Waals surface area contributed by atoms with E-state index in [0.29, 0.717) is 41.1 Å². The number of rotatable bonds is 7. The Morgan fingerprint density at radius 3 is 2.83 bits per heavy atom. The molecule has 0 saturated carbocycles. The Bertz CT molecular complexity index is 706. The molecule has 7 heteroatoms. The van der Waals surface area contributed by atoms with E-state index in [0.717, 1.165) is 5.56 Å². The van der Waals surface area contributed by atoms with E-state index in [9.17, 15) is 4.79 Å². The second kappa shape index (κ2) is 8.50. The smallest absolute Gasteiger partial charge is 0.270 e. The lowest BCUT2D eigenvalue weighted by Gasteiger charge is -2.08.